The maximum Gasteiger partial charge on any atom is 0.225 e. The van der Waals surface area contributed by atoms with E-state index in [1.54, 1.807) is 24.3 Å². The van der Waals surface area contributed by atoms with Gasteiger partial charge in [0.1, 0.15) is 5.60 Å². The quantitative estimate of drug-likeness (QED) is 0.0832. The van der Waals surface area contributed by atoms with E-state index in [0.29, 0.717) is 34.6 Å². The van der Waals surface area contributed by atoms with Crippen LogP contribution in [0.2, 0.25) is 10.0 Å². The van der Waals surface area contributed by atoms with Crippen molar-refractivity contribution < 1.29 is 19.2 Å². The van der Waals surface area contributed by atoms with Crippen LogP contribution in [0.5, 0.6) is 0 Å². The molecule has 4 fully saturated rings. The summed E-state index contributed by atoms with van der Waals surface area (Å²) in [7, 11) is 0. The Morgan fingerprint density at radius 1 is 0.538 bits per heavy atom. The maximum absolute atomic E-state index is 13.3. The SMILES string of the molecule is CC(C)(C)ON=C(c1ccc(Cl)cc1)C1CCN(C(=O)C2CCN(Cc3ccncc3)CC2)CC1.O=C(c1ccc(Cl)cc1)C1CCN(C(=O)C2CCN(Cc3ccncc3)CC2)CC1. The molecule has 8 rings (SSSR count). The second-order valence-electron chi connectivity index (χ2n) is 19.1. The zero-order valence-corrected chi connectivity index (χ0v) is 39.8. The van der Waals surface area contributed by atoms with Gasteiger partial charge in [0.15, 0.2) is 5.78 Å². The topological polar surface area (TPSA) is 112 Å². The minimum Gasteiger partial charge on any atom is -0.390 e. The molecule has 4 aliphatic rings. The largest absolute Gasteiger partial charge is 0.390 e. The molecule has 0 unspecified atom stereocenters. The van der Waals surface area contributed by atoms with Crippen LogP contribution in [0.15, 0.2) is 103 Å². The highest BCUT2D eigenvalue weighted by atomic mass is 35.5. The second kappa shape index (κ2) is 23.2. The van der Waals surface area contributed by atoms with Gasteiger partial charge in [0.25, 0.3) is 0 Å². The number of oxime groups is 1. The number of carbonyl (C=O) groups is 3. The molecular formula is C52H65Cl2N7O4. The van der Waals surface area contributed by atoms with E-state index in [1.807, 2.05) is 86.9 Å². The average Bonchev–Trinajstić information content (AvgIpc) is 3.33. The van der Waals surface area contributed by atoms with Gasteiger partial charge in [-0.2, -0.15) is 0 Å². The van der Waals surface area contributed by atoms with Crippen molar-refractivity contribution in [2.75, 3.05) is 52.4 Å². The van der Waals surface area contributed by atoms with Gasteiger partial charge in [0.05, 0.1) is 5.71 Å². The van der Waals surface area contributed by atoms with Crippen LogP contribution >= 0.6 is 23.2 Å². The summed E-state index contributed by atoms with van der Waals surface area (Å²) in [6.45, 7) is 14.6. The van der Waals surface area contributed by atoms with Crippen molar-refractivity contribution in [1.82, 2.24) is 29.6 Å². The van der Waals surface area contributed by atoms with E-state index in [2.05, 4.69) is 42.0 Å². The number of benzene rings is 2. The van der Waals surface area contributed by atoms with E-state index in [4.69, 9.17) is 28.0 Å². The van der Waals surface area contributed by atoms with Crippen molar-refractivity contribution in [2.45, 2.75) is 90.8 Å². The first-order chi connectivity index (χ1) is 31.4. The minimum absolute atomic E-state index is 0.00237. The van der Waals surface area contributed by atoms with Crippen LogP contribution in [0.3, 0.4) is 0 Å². The van der Waals surface area contributed by atoms with Gasteiger partial charge >= 0.3 is 0 Å². The highest BCUT2D eigenvalue weighted by Gasteiger charge is 2.34. The molecule has 4 aliphatic heterocycles. The van der Waals surface area contributed by atoms with E-state index in [0.717, 1.165) is 115 Å². The highest BCUT2D eigenvalue weighted by molar-refractivity contribution is 6.31. The second-order valence-corrected chi connectivity index (χ2v) is 19.9. The van der Waals surface area contributed by atoms with Gasteiger partial charge in [-0.05, 0) is 176 Å². The normalized spacial score (nSPS) is 19.1. The van der Waals surface area contributed by atoms with Gasteiger partial charge < -0.3 is 14.6 Å². The number of carbonyl (C=O) groups excluding carboxylic acids is 3. The molecule has 0 bridgehead atoms. The fourth-order valence-corrected chi connectivity index (χ4v) is 9.69. The first kappa shape index (κ1) is 48.3. The first-order valence-corrected chi connectivity index (χ1v) is 24.3. The van der Waals surface area contributed by atoms with Crippen molar-refractivity contribution in [2.24, 2.45) is 28.8 Å². The summed E-state index contributed by atoms with van der Waals surface area (Å²) >= 11 is 12.0. The van der Waals surface area contributed by atoms with Crippen LogP contribution in [0.25, 0.3) is 0 Å². The number of likely N-dealkylation sites (tertiary alicyclic amines) is 4. The first-order valence-electron chi connectivity index (χ1n) is 23.5. The third-order valence-corrected chi connectivity index (χ3v) is 13.7. The Bertz CT molecular complexity index is 2150. The van der Waals surface area contributed by atoms with E-state index in [-0.39, 0.29) is 41.0 Å². The number of rotatable bonds is 11. The molecule has 11 nitrogen and oxygen atoms in total. The monoisotopic (exact) mass is 921 g/mol. The Morgan fingerprint density at radius 3 is 1.31 bits per heavy atom. The number of pyridine rings is 2. The summed E-state index contributed by atoms with van der Waals surface area (Å²) in [5, 5.41) is 5.93. The van der Waals surface area contributed by atoms with E-state index < -0.39 is 0 Å². The molecule has 0 atom stereocenters. The number of hydrogen-bond donors (Lipinski definition) is 0. The number of amides is 2. The number of Topliss-reactive ketones (excluding diaryl/α,β-unsaturated/α-hetero) is 1. The zero-order valence-electron chi connectivity index (χ0n) is 38.3. The van der Waals surface area contributed by atoms with Crippen LogP contribution in [-0.2, 0) is 27.5 Å². The molecule has 2 amide bonds. The van der Waals surface area contributed by atoms with Crippen LogP contribution in [0.1, 0.15) is 99.2 Å². The van der Waals surface area contributed by atoms with Gasteiger partial charge in [0.2, 0.25) is 11.8 Å². The lowest BCUT2D eigenvalue weighted by Crippen LogP contribution is -2.46. The molecule has 346 valence electrons. The van der Waals surface area contributed by atoms with Crippen LogP contribution in [0, 0.1) is 23.7 Å². The molecular weight excluding hydrogens is 858 g/mol. The molecule has 0 N–H and O–H groups in total. The van der Waals surface area contributed by atoms with Crippen LogP contribution in [-0.4, -0.2) is 111 Å². The van der Waals surface area contributed by atoms with Crippen LogP contribution < -0.4 is 0 Å². The van der Waals surface area contributed by atoms with Gasteiger partial charge in [-0.25, -0.2) is 0 Å². The molecule has 4 aromatic rings. The molecule has 2 aromatic carbocycles. The van der Waals surface area contributed by atoms with Crippen molar-refractivity contribution in [1.29, 1.82) is 0 Å². The Morgan fingerprint density at radius 2 is 0.908 bits per heavy atom. The van der Waals surface area contributed by atoms with Crippen LogP contribution in [0.4, 0.5) is 0 Å². The summed E-state index contributed by atoms with van der Waals surface area (Å²) in [6, 6.07) is 23.1. The van der Waals surface area contributed by atoms with E-state index in [1.165, 1.54) is 11.1 Å². The predicted octanol–water partition coefficient (Wildman–Crippen LogP) is 9.47. The molecule has 0 spiro atoms. The summed E-state index contributed by atoms with van der Waals surface area (Å²) in [6.07, 6.45) is 14.3. The highest BCUT2D eigenvalue weighted by Crippen LogP contribution is 2.30. The summed E-state index contributed by atoms with van der Waals surface area (Å²) in [4.78, 5) is 61.9. The Balaban J connectivity index is 0.000000196. The lowest BCUT2D eigenvalue weighted by Gasteiger charge is -2.37. The van der Waals surface area contributed by atoms with Crippen molar-refractivity contribution >= 4 is 46.5 Å². The predicted molar refractivity (Wildman–Crippen MR) is 258 cm³/mol. The third kappa shape index (κ3) is 14.2. The van der Waals surface area contributed by atoms with Crippen molar-refractivity contribution in [3.8, 4) is 0 Å². The summed E-state index contributed by atoms with van der Waals surface area (Å²) in [5.41, 5.74) is 4.88. The summed E-state index contributed by atoms with van der Waals surface area (Å²) in [5.74, 6) is 1.26. The Hall–Kier alpha value is -4.68. The maximum atomic E-state index is 13.3. The number of ketones is 1. The van der Waals surface area contributed by atoms with Crippen molar-refractivity contribution in [3.05, 3.63) is 130 Å². The number of hydrogen-bond acceptors (Lipinski definition) is 9. The fourth-order valence-electron chi connectivity index (χ4n) is 9.44. The third-order valence-electron chi connectivity index (χ3n) is 13.2. The molecule has 0 radical (unpaired) electrons. The summed E-state index contributed by atoms with van der Waals surface area (Å²) < 4.78 is 0. The minimum atomic E-state index is -0.361. The smallest absolute Gasteiger partial charge is 0.225 e. The van der Waals surface area contributed by atoms with E-state index in [9.17, 15) is 14.4 Å². The number of nitrogens with zero attached hydrogens (tertiary/aromatic N) is 7. The van der Waals surface area contributed by atoms with Gasteiger partial charge in [0, 0.05) is 103 Å². The number of piperidine rings is 4. The standard InChI is InChI=1S/C28H37ClN4O2.C24H28ClN3O2/c1-28(2,3)35-31-26(22-4-6-25(29)7-5-22)23-12-18-33(19-13-23)27(34)24-10-16-32(17-11-24)20-21-8-14-30-15-9-21;25-22-3-1-19(2-4-22)23(29)20-9-15-28(16-10-20)24(30)21-7-13-27(14-8-21)17-18-5-11-26-12-6-18/h4-9,14-15,23-24H,10-13,16-20H2,1-3H3;1-6,11-12,20-21H,7-10,13-17H2. The van der Waals surface area contributed by atoms with Crippen molar-refractivity contribution in [3.63, 3.8) is 0 Å². The Kier molecular flexibility index (Phi) is 17.2. The Labute approximate surface area is 395 Å². The zero-order chi connectivity index (χ0) is 45.8. The molecule has 6 heterocycles. The fraction of sp³-hybridized carbons (Fsp3) is 0.500. The molecule has 13 heteroatoms. The number of aromatic nitrogens is 2. The number of halogens is 2. The van der Waals surface area contributed by atoms with Gasteiger partial charge in [-0.3, -0.25) is 34.2 Å². The lowest BCUT2D eigenvalue weighted by atomic mass is 9.87. The van der Waals surface area contributed by atoms with Gasteiger partial charge in [-0.15, -0.1) is 0 Å². The van der Waals surface area contributed by atoms with Gasteiger partial charge in [-0.1, -0.05) is 40.5 Å². The molecule has 0 saturated carbocycles. The molecule has 2 aromatic heterocycles. The molecule has 65 heavy (non-hydrogen) atoms. The molecule has 4 saturated heterocycles. The lowest BCUT2D eigenvalue weighted by molar-refractivity contribution is -0.139. The van der Waals surface area contributed by atoms with E-state index >= 15 is 0 Å². The molecule has 0 aliphatic carbocycles. The average molecular weight is 923 g/mol.